The van der Waals surface area contributed by atoms with Crippen molar-refractivity contribution in [1.82, 2.24) is 9.80 Å². The van der Waals surface area contributed by atoms with Gasteiger partial charge in [-0.25, -0.2) is 4.79 Å². The second kappa shape index (κ2) is 6.11. The quantitative estimate of drug-likeness (QED) is 0.867. The standard InChI is InChI=1S/C13H21F3N2O3/c1-9(2)4-6-17(3)11(21)18-7-5-12(8-18,10(19)20)13(14,15)16/h9H,4-8H2,1-3H3,(H,19,20). The first kappa shape index (κ1) is 17.6. The summed E-state index contributed by atoms with van der Waals surface area (Å²) >= 11 is 0. The van der Waals surface area contributed by atoms with E-state index in [-0.39, 0.29) is 6.54 Å². The summed E-state index contributed by atoms with van der Waals surface area (Å²) in [6.45, 7) is 3.37. The van der Waals surface area contributed by atoms with Crippen molar-refractivity contribution in [2.45, 2.75) is 32.9 Å². The minimum atomic E-state index is -4.87. The van der Waals surface area contributed by atoms with Crippen molar-refractivity contribution in [2.75, 3.05) is 26.7 Å². The molecule has 1 heterocycles. The summed E-state index contributed by atoms with van der Waals surface area (Å²) in [4.78, 5) is 25.5. The number of aliphatic carboxylic acids is 1. The summed E-state index contributed by atoms with van der Waals surface area (Å²) in [5.41, 5.74) is -2.85. The number of hydrogen-bond acceptors (Lipinski definition) is 2. The predicted molar refractivity (Wildman–Crippen MR) is 69.8 cm³/mol. The Balaban J connectivity index is 2.76. The maximum absolute atomic E-state index is 13.0. The van der Waals surface area contributed by atoms with Gasteiger partial charge in [0, 0.05) is 26.7 Å². The van der Waals surface area contributed by atoms with E-state index in [0.717, 1.165) is 11.3 Å². The van der Waals surface area contributed by atoms with Crippen LogP contribution in [0.3, 0.4) is 0 Å². The molecule has 1 rings (SSSR count). The number of carboxylic acids is 1. The van der Waals surface area contributed by atoms with Gasteiger partial charge in [0.25, 0.3) is 0 Å². The second-order valence-corrected chi connectivity index (χ2v) is 5.94. The van der Waals surface area contributed by atoms with Crippen LogP contribution < -0.4 is 0 Å². The van der Waals surface area contributed by atoms with E-state index in [2.05, 4.69) is 0 Å². The van der Waals surface area contributed by atoms with Gasteiger partial charge in [-0.15, -0.1) is 0 Å². The number of amides is 2. The summed E-state index contributed by atoms with van der Waals surface area (Å²) in [7, 11) is 1.51. The number of carbonyl (C=O) groups excluding carboxylic acids is 1. The summed E-state index contributed by atoms with van der Waals surface area (Å²) < 4.78 is 39.1. The van der Waals surface area contributed by atoms with Gasteiger partial charge in [-0.1, -0.05) is 13.8 Å². The zero-order valence-electron chi connectivity index (χ0n) is 12.4. The number of carboxylic acid groups (broad SMARTS) is 1. The third kappa shape index (κ3) is 3.59. The summed E-state index contributed by atoms with van der Waals surface area (Å²) in [6, 6.07) is -0.553. The van der Waals surface area contributed by atoms with Crippen LogP contribution in [-0.2, 0) is 4.79 Å². The van der Waals surface area contributed by atoms with Gasteiger partial charge in [0.2, 0.25) is 0 Å². The normalized spacial score (nSPS) is 22.7. The fraction of sp³-hybridized carbons (Fsp3) is 0.846. The Hall–Kier alpha value is -1.47. The van der Waals surface area contributed by atoms with Crippen LogP contribution in [0, 0.1) is 11.3 Å². The molecular formula is C13H21F3N2O3. The lowest BCUT2D eigenvalue weighted by Crippen LogP contribution is -2.49. The second-order valence-electron chi connectivity index (χ2n) is 5.94. The van der Waals surface area contributed by atoms with Crippen LogP contribution in [0.15, 0.2) is 0 Å². The maximum Gasteiger partial charge on any atom is 0.406 e. The van der Waals surface area contributed by atoms with Crippen LogP contribution in [0.4, 0.5) is 18.0 Å². The van der Waals surface area contributed by atoms with E-state index in [1.54, 1.807) is 0 Å². The maximum atomic E-state index is 13.0. The molecule has 0 spiro atoms. The predicted octanol–water partition coefficient (Wildman–Crippen LogP) is 2.42. The lowest BCUT2D eigenvalue weighted by atomic mass is 9.86. The molecule has 0 bridgehead atoms. The highest BCUT2D eigenvalue weighted by Gasteiger charge is 2.64. The highest BCUT2D eigenvalue weighted by atomic mass is 19.4. The minimum absolute atomic E-state index is 0.198. The Morgan fingerprint density at radius 1 is 1.38 bits per heavy atom. The Labute approximate surface area is 121 Å². The monoisotopic (exact) mass is 310 g/mol. The summed E-state index contributed by atoms with van der Waals surface area (Å²) in [5.74, 6) is -1.55. The van der Waals surface area contributed by atoms with Crippen molar-refractivity contribution in [1.29, 1.82) is 0 Å². The van der Waals surface area contributed by atoms with Crippen molar-refractivity contribution in [3.63, 3.8) is 0 Å². The number of urea groups is 1. The molecule has 0 aliphatic carbocycles. The van der Waals surface area contributed by atoms with Gasteiger partial charge in [-0.3, -0.25) is 4.79 Å². The van der Waals surface area contributed by atoms with Crippen molar-refractivity contribution in [3.8, 4) is 0 Å². The van der Waals surface area contributed by atoms with Gasteiger partial charge >= 0.3 is 18.2 Å². The average molecular weight is 310 g/mol. The van der Waals surface area contributed by atoms with Crippen LogP contribution in [0.25, 0.3) is 0 Å². The molecule has 0 aromatic carbocycles. The fourth-order valence-electron chi connectivity index (χ4n) is 2.29. The Morgan fingerprint density at radius 2 is 1.95 bits per heavy atom. The largest absolute Gasteiger partial charge is 0.481 e. The molecule has 1 N–H and O–H groups in total. The minimum Gasteiger partial charge on any atom is -0.481 e. The van der Waals surface area contributed by atoms with Crippen LogP contribution in [0.5, 0.6) is 0 Å². The Morgan fingerprint density at radius 3 is 2.33 bits per heavy atom. The summed E-state index contributed by atoms with van der Waals surface area (Å²) in [5, 5.41) is 8.94. The number of hydrogen-bond donors (Lipinski definition) is 1. The van der Waals surface area contributed by atoms with Crippen LogP contribution in [0.1, 0.15) is 26.7 Å². The molecule has 1 saturated heterocycles. The molecule has 21 heavy (non-hydrogen) atoms. The first-order chi connectivity index (χ1) is 9.51. The lowest BCUT2D eigenvalue weighted by molar-refractivity contribution is -0.227. The molecule has 2 amide bonds. The molecule has 0 saturated carbocycles. The van der Waals surface area contributed by atoms with E-state index in [9.17, 15) is 22.8 Å². The molecular weight excluding hydrogens is 289 g/mol. The topological polar surface area (TPSA) is 60.9 Å². The molecule has 1 aliphatic rings. The fourth-order valence-corrected chi connectivity index (χ4v) is 2.29. The number of halogens is 3. The van der Waals surface area contributed by atoms with Crippen molar-refractivity contribution < 1.29 is 27.9 Å². The van der Waals surface area contributed by atoms with E-state index >= 15 is 0 Å². The number of nitrogens with zero attached hydrogens (tertiary/aromatic N) is 2. The van der Waals surface area contributed by atoms with Gasteiger partial charge in [0.15, 0.2) is 5.41 Å². The number of rotatable bonds is 4. The van der Waals surface area contributed by atoms with Crippen molar-refractivity contribution >= 4 is 12.0 Å². The first-order valence-electron chi connectivity index (χ1n) is 6.81. The van der Waals surface area contributed by atoms with Crippen molar-refractivity contribution in [3.05, 3.63) is 0 Å². The lowest BCUT2D eigenvalue weighted by Gasteiger charge is -2.29. The molecule has 0 aromatic rings. The van der Waals surface area contributed by atoms with Crippen LogP contribution in [-0.4, -0.2) is 59.8 Å². The van der Waals surface area contributed by atoms with Gasteiger partial charge in [-0.05, 0) is 18.8 Å². The van der Waals surface area contributed by atoms with Crippen LogP contribution >= 0.6 is 0 Å². The summed E-state index contributed by atoms with van der Waals surface area (Å²) in [6.07, 6.45) is -4.74. The first-order valence-corrected chi connectivity index (χ1v) is 6.81. The SMILES string of the molecule is CC(C)CCN(C)C(=O)N1CCC(C(=O)O)(C(F)(F)F)C1. The molecule has 1 unspecified atom stereocenters. The highest BCUT2D eigenvalue weighted by molar-refractivity contribution is 5.80. The van der Waals surface area contributed by atoms with Crippen LogP contribution in [0.2, 0.25) is 0 Å². The Bertz CT molecular complexity index is 412. The van der Waals surface area contributed by atoms with E-state index in [1.165, 1.54) is 11.9 Å². The Kier molecular flexibility index (Phi) is 5.11. The molecule has 122 valence electrons. The van der Waals surface area contributed by atoms with Gasteiger partial charge in [0.05, 0.1) is 0 Å². The van der Waals surface area contributed by atoms with Gasteiger partial charge in [-0.2, -0.15) is 13.2 Å². The molecule has 1 atom stereocenters. The third-order valence-corrected chi connectivity index (χ3v) is 3.86. The van der Waals surface area contributed by atoms with E-state index < -0.39 is 36.6 Å². The molecule has 0 aromatic heterocycles. The zero-order chi connectivity index (χ0) is 16.4. The molecule has 1 fully saturated rings. The van der Waals surface area contributed by atoms with E-state index in [0.29, 0.717) is 12.5 Å². The van der Waals surface area contributed by atoms with Gasteiger partial charge in [0.1, 0.15) is 0 Å². The highest BCUT2D eigenvalue weighted by Crippen LogP contribution is 2.45. The molecule has 0 radical (unpaired) electrons. The average Bonchev–Trinajstić information content (AvgIpc) is 2.80. The zero-order valence-corrected chi connectivity index (χ0v) is 12.4. The molecule has 1 aliphatic heterocycles. The molecule has 8 heteroatoms. The van der Waals surface area contributed by atoms with E-state index in [4.69, 9.17) is 5.11 Å². The number of likely N-dealkylation sites (tertiary alicyclic amines) is 1. The van der Waals surface area contributed by atoms with E-state index in [1.807, 2.05) is 13.8 Å². The smallest absolute Gasteiger partial charge is 0.406 e. The van der Waals surface area contributed by atoms with Gasteiger partial charge < -0.3 is 14.9 Å². The number of carbonyl (C=O) groups is 2. The third-order valence-electron chi connectivity index (χ3n) is 3.86. The number of alkyl halides is 3. The molecule has 5 nitrogen and oxygen atoms in total. The van der Waals surface area contributed by atoms with Crippen molar-refractivity contribution in [2.24, 2.45) is 11.3 Å².